The van der Waals surface area contributed by atoms with E-state index in [0.717, 1.165) is 48.2 Å². The Labute approximate surface area is 200 Å². The van der Waals surface area contributed by atoms with E-state index in [0.29, 0.717) is 32.1 Å². The maximum Gasteiger partial charge on any atom is 0.251 e. The molecule has 1 amide bonds. The molecule has 1 N–H and O–H groups in total. The standard InChI is InChI=1S/C28H32N2O4/c1-3-34-25-12-10-21(17-26(25)32-2)24(30-13-15-33-16-14-30)18-29-28(31)23-11-9-20-8-7-19-5-4-6-22(23)27(19)20/h4-6,9-12,17,24H,3,7-8,13-16,18H2,1-2H3,(H,29,31). The molecule has 1 heterocycles. The second-order valence-electron chi connectivity index (χ2n) is 8.83. The lowest BCUT2D eigenvalue weighted by molar-refractivity contribution is 0.0162. The minimum absolute atomic E-state index is 0.00853. The summed E-state index contributed by atoms with van der Waals surface area (Å²) in [5, 5.41) is 5.54. The summed E-state index contributed by atoms with van der Waals surface area (Å²) >= 11 is 0. The van der Waals surface area contributed by atoms with Crippen LogP contribution in [0.2, 0.25) is 0 Å². The van der Waals surface area contributed by atoms with Crippen LogP contribution in [-0.2, 0) is 17.6 Å². The largest absolute Gasteiger partial charge is 0.493 e. The van der Waals surface area contributed by atoms with E-state index in [1.165, 1.54) is 16.5 Å². The van der Waals surface area contributed by atoms with Gasteiger partial charge in [0.1, 0.15) is 0 Å². The van der Waals surface area contributed by atoms with Crippen LogP contribution in [0, 0.1) is 0 Å². The van der Waals surface area contributed by atoms with Crippen LogP contribution in [0.15, 0.2) is 48.5 Å². The van der Waals surface area contributed by atoms with Crippen LogP contribution in [0.1, 0.15) is 40.0 Å². The van der Waals surface area contributed by atoms with E-state index in [2.05, 4.69) is 40.5 Å². The second kappa shape index (κ2) is 10.0. The monoisotopic (exact) mass is 460 g/mol. The molecule has 1 fully saturated rings. The second-order valence-corrected chi connectivity index (χ2v) is 8.83. The summed E-state index contributed by atoms with van der Waals surface area (Å²) in [6.07, 6.45) is 2.10. The number of hydrogen-bond acceptors (Lipinski definition) is 5. The average Bonchev–Trinajstić information content (AvgIpc) is 3.30. The molecular formula is C28H32N2O4. The van der Waals surface area contributed by atoms with Gasteiger partial charge in [-0.3, -0.25) is 9.69 Å². The number of methoxy groups -OCH3 is 1. The van der Waals surface area contributed by atoms with Crippen molar-refractivity contribution in [2.24, 2.45) is 0 Å². The highest BCUT2D eigenvalue weighted by molar-refractivity contribution is 6.09. The molecule has 0 radical (unpaired) electrons. The van der Waals surface area contributed by atoms with Crippen molar-refractivity contribution in [1.29, 1.82) is 0 Å². The third kappa shape index (κ3) is 4.36. The summed E-state index contributed by atoms with van der Waals surface area (Å²) in [4.78, 5) is 15.8. The lowest BCUT2D eigenvalue weighted by atomic mass is 9.99. The van der Waals surface area contributed by atoms with Crippen molar-refractivity contribution in [3.05, 3.63) is 70.8 Å². The van der Waals surface area contributed by atoms with Crippen LogP contribution in [0.5, 0.6) is 11.5 Å². The first-order chi connectivity index (χ1) is 16.7. The molecular weight excluding hydrogens is 428 g/mol. The summed E-state index contributed by atoms with van der Waals surface area (Å²) in [6, 6.07) is 16.5. The van der Waals surface area contributed by atoms with Crippen molar-refractivity contribution < 1.29 is 19.0 Å². The van der Waals surface area contributed by atoms with Gasteiger partial charge in [0, 0.05) is 25.2 Å². The first-order valence-corrected chi connectivity index (χ1v) is 12.1. The first kappa shape index (κ1) is 22.7. The third-order valence-electron chi connectivity index (χ3n) is 6.94. The van der Waals surface area contributed by atoms with Crippen molar-refractivity contribution in [3.63, 3.8) is 0 Å². The van der Waals surface area contributed by atoms with Gasteiger partial charge in [-0.15, -0.1) is 0 Å². The van der Waals surface area contributed by atoms with Gasteiger partial charge >= 0.3 is 0 Å². The molecule has 3 aromatic carbocycles. The van der Waals surface area contributed by atoms with E-state index in [-0.39, 0.29) is 11.9 Å². The Bertz CT molecular complexity index is 1180. The van der Waals surface area contributed by atoms with Crippen LogP contribution in [-0.4, -0.2) is 57.4 Å². The smallest absolute Gasteiger partial charge is 0.251 e. The van der Waals surface area contributed by atoms with Crippen molar-refractivity contribution in [2.75, 3.05) is 46.6 Å². The fraction of sp³-hybridized carbons (Fsp3) is 0.393. The molecule has 1 aliphatic heterocycles. The number of amides is 1. The van der Waals surface area contributed by atoms with Crippen LogP contribution >= 0.6 is 0 Å². The number of benzene rings is 3. The highest BCUT2D eigenvalue weighted by Crippen LogP contribution is 2.34. The van der Waals surface area contributed by atoms with Gasteiger partial charge in [0.05, 0.1) is 33.0 Å². The zero-order valence-electron chi connectivity index (χ0n) is 19.9. The number of carbonyl (C=O) groups excluding carboxylic acids is 1. The Morgan fingerprint density at radius 2 is 1.85 bits per heavy atom. The van der Waals surface area contributed by atoms with Crippen LogP contribution in [0.4, 0.5) is 0 Å². The van der Waals surface area contributed by atoms with Gasteiger partial charge in [-0.2, -0.15) is 0 Å². The number of carbonyl (C=O) groups is 1. The molecule has 0 aromatic heterocycles. The van der Waals surface area contributed by atoms with E-state index in [1.807, 2.05) is 25.1 Å². The Morgan fingerprint density at radius 1 is 1.06 bits per heavy atom. The zero-order chi connectivity index (χ0) is 23.5. The van der Waals surface area contributed by atoms with Crippen molar-refractivity contribution in [2.45, 2.75) is 25.8 Å². The van der Waals surface area contributed by atoms with Gasteiger partial charge in [0.15, 0.2) is 11.5 Å². The molecule has 3 aromatic rings. The molecule has 2 aliphatic rings. The SMILES string of the molecule is CCOc1ccc(C(CNC(=O)c2ccc3c4c(cccc24)CC3)N2CCOCC2)cc1OC. The fourth-order valence-electron chi connectivity index (χ4n) is 5.24. The molecule has 6 heteroatoms. The van der Waals surface area contributed by atoms with Crippen LogP contribution in [0.3, 0.4) is 0 Å². The molecule has 1 aliphatic carbocycles. The highest BCUT2D eigenvalue weighted by Gasteiger charge is 2.25. The molecule has 1 atom stereocenters. The van der Waals surface area contributed by atoms with Crippen LogP contribution < -0.4 is 14.8 Å². The molecule has 6 nitrogen and oxygen atoms in total. The maximum atomic E-state index is 13.4. The number of aryl methyl sites for hydroxylation is 2. The van der Waals surface area contributed by atoms with E-state index in [9.17, 15) is 4.79 Å². The molecule has 34 heavy (non-hydrogen) atoms. The van der Waals surface area contributed by atoms with Gasteiger partial charge in [-0.05, 0) is 65.4 Å². The van der Waals surface area contributed by atoms with Crippen molar-refractivity contribution in [1.82, 2.24) is 10.2 Å². The van der Waals surface area contributed by atoms with Gasteiger partial charge in [-0.25, -0.2) is 0 Å². The number of nitrogens with one attached hydrogen (secondary N) is 1. The Kier molecular flexibility index (Phi) is 6.70. The predicted molar refractivity (Wildman–Crippen MR) is 133 cm³/mol. The molecule has 0 spiro atoms. The average molecular weight is 461 g/mol. The van der Waals surface area contributed by atoms with Gasteiger partial charge in [0.2, 0.25) is 0 Å². The fourth-order valence-corrected chi connectivity index (χ4v) is 5.24. The quantitative estimate of drug-likeness (QED) is 0.547. The molecule has 0 saturated carbocycles. The van der Waals surface area contributed by atoms with E-state index < -0.39 is 0 Å². The summed E-state index contributed by atoms with van der Waals surface area (Å²) in [7, 11) is 1.66. The maximum absolute atomic E-state index is 13.4. The number of ether oxygens (including phenoxy) is 3. The van der Waals surface area contributed by atoms with Crippen molar-refractivity contribution >= 4 is 16.7 Å². The Morgan fingerprint density at radius 3 is 2.62 bits per heavy atom. The third-order valence-corrected chi connectivity index (χ3v) is 6.94. The molecule has 1 saturated heterocycles. The normalized spacial score (nSPS) is 16.4. The minimum atomic E-state index is -0.0354. The molecule has 0 bridgehead atoms. The van der Waals surface area contributed by atoms with Gasteiger partial charge in [-0.1, -0.05) is 30.3 Å². The van der Waals surface area contributed by atoms with E-state index in [4.69, 9.17) is 14.2 Å². The molecule has 1 unspecified atom stereocenters. The molecule has 5 rings (SSSR count). The summed E-state index contributed by atoms with van der Waals surface area (Å²) in [5.74, 6) is 1.40. The minimum Gasteiger partial charge on any atom is -0.493 e. The van der Waals surface area contributed by atoms with E-state index >= 15 is 0 Å². The summed E-state index contributed by atoms with van der Waals surface area (Å²) in [6.45, 7) is 6.04. The van der Waals surface area contributed by atoms with Gasteiger partial charge in [0.25, 0.3) is 5.91 Å². The number of hydrogen-bond donors (Lipinski definition) is 1. The lowest BCUT2D eigenvalue weighted by Gasteiger charge is -2.35. The molecule has 178 valence electrons. The topological polar surface area (TPSA) is 60.0 Å². The summed E-state index contributed by atoms with van der Waals surface area (Å²) in [5.41, 5.74) is 4.51. The zero-order valence-corrected chi connectivity index (χ0v) is 19.9. The van der Waals surface area contributed by atoms with Crippen molar-refractivity contribution in [3.8, 4) is 11.5 Å². The van der Waals surface area contributed by atoms with Gasteiger partial charge < -0.3 is 19.5 Å². The first-order valence-electron chi connectivity index (χ1n) is 12.1. The van der Waals surface area contributed by atoms with E-state index in [1.54, 1.807) is 7.11 Å². The Balaban J connectivity index is 1.41. The van der Waals surface area contributed by atoms with Crippen LogP contribution in [0.25, 0.3) is 10.8 Å². The number of nitrogens with zero attached hydrogens (tertiary/aromatic N) is 1. The lowest BCUT2D eigenvalue weighted by Crippen LogP contribution is -2.43. The summed E-state index contributed by atoms with van der Waals surface area (Å²) < 4.78 is 16.9. The highest BCUT2D eigenvalue weighted by atomic mass is 16.5. The number of morpholine rings is 1. The predicted octanol–water partition coefficient (Wildman–Crippen LogP) is 4.15. The Hall–Kier alpha value is -3.09. The number of rotatable bonds is 8.